The Kier molecular flexibility index (Phi) is 4.89. The molecule has 5 rings (SSSR count). The third-order valence-corrected chi connectivity index (χ3v) is 6.97. The van der Waals surface area contributed by atoms with Gasteiger partial charge in [-0.15, -0.1) is 11.3 Å². The minimum Gasteiger partial charge on any atom is -0.340 e. The largest absolute Gasteiger partial charge is 0.340 e. The quantitative estimate of drug-likeness (QED) is 0.691. The molecule has 1 saturated carbocycles. The molecule has 1 N–H and O–H groups in total. The molecule has 1 amide bonds. The number of rotatable bonds is 4. The number of carbonyl (C=O) groups excluding carboxylic acids is 1. The highest BCUT2D eigenvalue weighted by atomic mass is 35.5. The molecule has 0 atom stereocenters. The van der Waals surface area contributed by atoms with Crippen molar-refractivity contribution in [2.75, 3.05) is 26.2 Å². The van der Waals surface area contributed by atoms with Crippen LogP contribution in [0.3, 0.4) is 0 Å². The Morgan fingerprint density at radius 2 is 1.90 bits per heavy atom. The second-order valence-electron chi connectivity index (χ2n) is 7.72. The van der Waals surface area contributed by atoms with Crippen LogP contribution in [0.25, 0.3) is 20.7 Å². The van der Waals surface area contributed by atoms with E-state index in [0.29, 0.717) is 28.0 Å². The van der Waals surface area contributed by atoms with E-state index < -0.39 is 0 Å². The van der Waals surface area contributed by atoms with Crippen LogP contribution in [0.2, 0.25) is 5.02 Å². The van der Waals surface area contributed by atoms with E-state index in [4.69, 9.17) is 16.6 Å². The van der Waals surface area contributed by atoms with E-state index in [9.17, 15) is 9.59 Å². The number of hydrogen-bond acceptors (Lipinski definition) is 5. The van der Waals surface area contributed by atoms with E-state index in [1.807, 2.05) is 35.2 Å². The van der Waals surface area contributed by atoms with Crippen LogP contribution in [0, 0.1) is 5.92 Å². The fourth-order valence-electron chi connectivity index (χ4n) is 3.75. The maximum absolute atomic E-state index is 12.6. The number of carbonyl (C=O) groups is 1. The fraction of sp³-hybridized carbons (Fsp3) is 0.381. The first-order valence-electron chi connectivity index (χ1n) is 9.86. The van der Waals surface area contributed by atoms with Crippen molar-refractivity contribution in [3.05, 3.63) is 51.5 Å². The number of hydrogen-bond donors (Lipinski definition) is 1. The van der Waals surface area contributed by atoms with Gasteiger partial charge in [-0.25, -0.2) is 4.98 Å². The maximum Gasteiger partial charge on any atom is 0.268 e. The Hall–Kier alpha value is -2.22. The van der Waals surface area contributed by atoms with Crippen LogP contribution in [-0.2, 0) is 11.3 Å². The zero-order chi connectivity index (χ0) is 20.0. The Labute approximate surface area is 177 Å². The van der Waals surface area contributed by atoms with Crippen molar-refractivity contribution < 1.29 is 4.79 Å². The molecule has 2 fully saturated rings. The van der Waals surface area contributed by atoms with Crippen molar-refractivity contribution in [3.8, 4) is 10.4 Å². The molecule has 1 aromatic carbocycles. The molecule has 0 bridgehead atoms. The molecule has 0 unspecified atom stereocenters. The number of fused-ring (bicyclic) bond motifs is 1. The molecule has 29 heavy (non-hydrogen) atoms. The second kappa shape index (κ2) is 7.55. The molecule has 150 valence electrons. The van der Waals surface area contributed by atoms with Crippen molar-refractivity contribution in [1.29, 1.82) is 0 Å². The molecule has 1 aliphatic carbocycles. The molecular weight excluding hydrogens is 408 g/mol. The zero-order valence-corrected chi connectivity index (χ0v) is 17.4. The summed E-state index contributed by atoms with van der Waals surface area (Å²) >= 11 is 7.41. The summed E-state index contributed by atoms with van der Waals surface area (Å²) in [4.78, 5) is 37.6. The van der Waals surface area contributed by atoms with Gasteiger partial charge >= 0.3 is 0 Å². The fourth-order valence-corrected chi connectivity index (χ4v) is 4.87. The first kappa shape index (κ1) is 18.8. The van der Waals surface area contributed by atoms with Crippen molar-refractivity contribution in [2.45, 2.75) is 19.4 Å². The molecule has 0 radical (unpaired) electrons. The number of aromatic nitrogens is 2. The Balaban J connectivity index is 1.31. The number of nitrogens with zero attached hydrogens (tertiary/aromatic N) is 3. The Morgan fingerprint density at radius 1 is 1.17 bits per heavy atom. The second-order valence-corrected chi connectivity index (χ2v) is 9.21. The topological polar surface area (TPSA) is 69.3 Å². The summed E-state index contributed by atoms with van der Waals surface area (Å²) in [6.45, 7) is 3.70. The highest BCUT2D eigenvalue weighted by molar-refractivity contribution is 7.22. The SMILES string of the molecule is O=C(C1CC1)N1CCN(Cc2nc3cc(-c4ccc(Cl)cc4)sc3c(=O)[nH]2)CC1. The summed E-state index contributed by atoms with van der Waals surface area (Å²) in [6.07, 6.45) is 2.09. The number of nitrogens with one attached hydrogen (secondary N) is 1. The molecule has 8 heteroatoms. The van der Waals surface area contributed by atoms with Crippen molar-refractivity contribution in [3.63, 3.8) is 0 Å². The van der Waals surface area contributed by atoms with Crippen LogP contribution in [-0.4, -0.2) is 51.9 Å². The Morgan fingerprint density at radius 3 is 2.59 bits per heavy atom. The molecular formula is C21H21ClN4O2S. The van der Waals surface area contributed by atoms with E-state index in [-0.39, 0.29) is 11.5 Å². The van der Waals surface area contributed by atoms with Gasteiger partial charge in [0.1, 0.15) is 10.5 Å². The normalized spacial score (nSPS) is 17.8. The van der Waals surface area contributed by atoms with Gasteiger partial charge in [0, 0.05) is 42.0 Å². The van der Waals surface area contributed by atoms with E-state index in [0.717, 1.165) is 55.0 Å². The number of benzene rings is 1. The summed E-state index contributed by atoms with van der Waals surface area (Å²) in [5.74, 6) is 1.26. The van der Waals surface area contributed by atoms with E-state index in [1.54, 1.807) is 0 Å². The van der Waals surface area contributed by atoms with Gasteiger partial charge in [0.2, 0.25) is 5.91 Å². The summed E-state index contributed by atoms with van der Waals surface area (Å²) in [7, 11) is 0. The van der Waals surface area contributed by atoms with Crippen LogP contribution >= 0.6 is 22.9 Å². The number of aromatic amines is 1. The van der Waals surface area contributed by atoms with Gasteiger partial charge in [-0.3, -0.25) is 14.5 Å². The molecule has 3 heterocycles. The van der Waals surface area contributed by atoms with Gasteiger partial charge in [0.25, 0.3) is 5.56 Å². The van der Waals surface area contributed by atoms with Gasteiger partial charge < -0.3 is 9.88 Å². The van der Waals surface area contributed by atoms with Crippen molar-refractivity contribution >= 4 is 39.1 Å². The van der Waals surface area contributed by atoms with Gasteiger partial charge in [0.05, 0.1) is 12.1 Å². The van der Waals surface area contributed by atoms with Crippen LogP contribution < -0.4 is 5.56 Å². The van der Waals surface area contributed by atoms with Crippen LogP contribution in [0.1, 0.15) is 18.7 Å². The van der Waals surface area contributed by atoms with E-state index >= 15 is 0 Å². The number of piperazine rings is 1. The van der Waals surface area contributed by atoms with E-state index in [1.165, 1.54) is 11.3 Å². The third kappa shape index (κ3) is 3.95. The van der Waals surface area contributed by atoms with Gasteiger partial charge in [-0.05, 0) is 36.6 Å². The lowest BCUT2D eigenvalue weighted by Gasteiger charge is -2.34. The molecule has 1 aliphatic heterocycles. The molecule has 3 aromatic rings. The summed E-state index contributed by atoms with van der Waals surface area (Å²) in [5, 5.41) is 0.687. The van der Waals surface area contributed by atoms with Crippen molar-refractivity contribution in [2.24, 2.45) is 5.92 Å². The van der Waals surface area contributed by atoms with E-state index in [2.05, 4.69) is 9.88 Å². The molecule has 1 saturated heterocycles. The lowest BCUT2D eigenvalue weighted by molar-refractivity contribution is -0.134. The smallest absolute Gasteiger partial charge is 0.268 e. The number of amides is 1. The molecule has 0 spiro atoms. The third-order valence-electron chi connectivity index (χ3n) is 5.54. The van der Waals surface area contributed by atoms with Gasteiger partial charge in [0.15, 0.2) is 0 Å². The predicted octanol–water partition coefficient (Wildman–Crippen LogP) is 3.36. The summed E-state index contributed by atoms with van der Waals surface area (Å²) < 4.78 is 0.638. The predicted molar refractivity (Wildman–Crippen MR) is 115 cm³/mol. The van der Waals surface area contributed by atoms with Crippen molar-refractivity contribution in [1.82, 2.24) is 19.8 Å². The van der Waals surface area contributed by atoms with Gasteiger partial charge in [-0.1, -0.05) is 23.7 Å². The maximum atomic E-state index is 12.6. The number of thiophene rings is 1. The standard InChI is InChI=1S/C21H21ClN4O2S/c22-15-5-3-13(4-6-15)17-11-16-19(29-17)20(27)24-18(23-16)12-25-7-9-26(10-8-25)21(28)14-1-2-14/h3-6,11,14H,1-2,7-10,12H2,(H,23,24,27). The Bertz CT molecular complexity index is 1110. The molecule has 2 aliphatic rings. The summed E-state index contributed by atoms with van der Waals surface area (Å²) in [5.41, 5.74) is 1.65. The average Bonchev–Trinajstić information content (AvgIpc) is 3.48. The first-order chi connectivity index (χ1) is 14.1. The first-order valence-corrected chi connectivity index (χ1v) is 11.1. The average molecular weight is 429 g/mol. The highest BCUT2D eigenvalue weighted by Gasteiger charge is 2.34. The van der Waals surface area contributed by atoms with Crippen LogP contribution in [0.15, 0.2) is 35.1 Å². The minimum atomic E-state index is -0.0993. The van der Waals surface area contributed by atoms with Crippen LogP contribution in [0.4, 0.5) is 0 Å². The highest BCUT2D eigenvalue weighted by Crippen LogP contribution is 2.32. The number of halogens is 1. The van der Waals surface area contributed by atoms with Gasteiger partial charge in [-0.2, -0.15) is 0 Å². The minimum absolute atomic E-state index is 0.0993. The summed E-state index contributed by atoms with van der Waals surface area (Å²) in [6, 6.07) is 9.55. The zero-order valence-electron chi connectivity index (χ0n) is 15.9. The van der Waals surface area contributed by atoms with Crippen LogP contribution in [0.5, 0.6) is 0 Å². The lowest BCUT2D eigenvalue weighted by atomic mass is 10.2. The lowest BCUT2D eigenvalue weighted by Crippen LogP contribution is -2.49. The molecule has 2 aromatic heterocycles. The monoisotopic (exact) mass is 428 g/mol. The number of H-pyrrole nitrogens is 1. The molecule has 6 nitrogen and oxygen atoms in total.